The van der Waals surface area contributed by atoms with Crippen LogP contribution < -0.4 is 5.73 Å². The van der Waals surface area contributed by atoms with Gasteiger partial charge in [0.25, 0.3) is 5.91 Å². The Hall–Kier alpha value is -2.04. The van der Waals surface area contributed by atoms with E-state index in [2.05, 4.69) is 16.9 Å². The zero-order valence-corrected chi connectivity index (χ0v) is 10.2. The topological polar surface area (TPSA) is 72.6 Å². The van der Waals surface area contributed by atoms with Gasteiger partial charge in [-0.2, -0.15) is 0 Å². The standard InChI is InChI=1S/C13H16N2O3/c1-9(18-13(14)17)12(16)15-7-11(8-15)10-5-3-2-4-6-10/h2-6,9,11H,7-8H2,1H3,(H2,14,17)/t9-/m1/s1. The van der Waals surface area contributed by atoms with E-state index < -0.39 is 12.2 Å². The number of rotatable bonds is 3. The van der Waals surface area contributed by atoms with Crippen LogP contribution in [0.4, 0.5) is 4.79 Å². The van der Waals surface area contributed by atoms with Crippen LogP contribution in [0.1, 0.15) is 18.4 Å². The number of primary amides is 1. The smallest absolute Gasteiger partial charge is 0.405 e. The van der Waals surface area contributed by atoms with Crippen LogP contribution in [0.2, 0.25) is 0 Å². The summed E-state index contributed by atoms with van der Waals surface area (Å²) in [5.41, 5.74) is 6.10. The molecule has 5 heteroatoms. The predicted octanol–water partition coefficient (Wildman–Crippen LogP) is 1.10. The number of hydrogen-bond donors (Lipinski definition) is 1. The number of nitrogens with zero attached hydrogens (tertiary/aromatic N) is 1. The minimum Gasteiger partial charge on any atom is -0.437 e. The average molecular weight is 248 g/mol. The number of likely N-dealkylation sites (tertiary alicyclic amines) is 1. The van der Waals surface area contributed by atoms with Crippen molar-refractivity contribution < 1.29 is 14.3 Å². The molecule has 2 rings (SSSR count). The lowest BCUT2D eigenvalue weighted by molar-refractivity contribution is -0.143. The van der Waals surface area contributed by atoms with E-state index >= 15 is 0 Å². The van der Waals surface area contributed by atoms with Gasteiger partial charge in [0, 0.05) is 19.0 Å². The molecule has 0 bridgehead atoms. The van der Waals surface area contributed by atoms with E-state index in [0.717, 1.165) is 0 Å². The third-order valence-electron chi connectivity index (χ3n) is 3.10. The first kappa shape index (κ1) is 12.4. The van der Waals surface area contributed by atoms with Gasteiger partial charge in [0.05, 0.1) is 0 Å². The van der Waals surface area contributed by atoms with Crippen LogP contribution in [0.25, 0.3) is 0 Å². The van der Waals surface area contributed by atoms with E-state index in [1.165, 1.54) is 12.5 Å². The van der Waals surface area contributed by atoms with Crippen molar-refractivity contribution in [1.82, 2.24) is 4.90 Å². The highest BCUT2D eigenvalue weighted by Gasteiger charge is 2.34. The molecule has 1 heterocycles. The molecule has 0 spiro atoms. The highest BCUT2D eigenvalue weighted by atomic mass is 16.6. The molecule has 0 aliphatic carbocycles. The van der Waals surface area contributed by atoms with Crippen molar-refractivity contribution in [1.29, 1.82) is 0 Å². The van der Waals surface area contributed by atoms with Crippen LogP contribution in [-0.4, -0.2) is 36.1 Å². The molecule has 2 amide bonds. The molecule has 2 N–H and O–H groups in total. The van der Waals surface area contributed by atoms with Crippen LogP contribution in [0.5, 0.6) is 0 Å². The molecule has 1 aromatic rings. The molecule has 1 fully saturated rings. The van der Waals surface area contributed by atoms with Gasteiger partial charge >= 0.3 is 6.09 Å². The summed E-state index contributed by atoms with van der Waals surface area (Å²) in [5, 5.41) is 0. The van der Waals surface area contributed by atoms with E-state index in [0.29, 0.717) is 19.0 Å². The van der Waals surface area contributed by atoms with Crippen LogP contribution in [0, 0.1) is 0 Å². The Morgan fingerprint density at radius 3 is 2.50 bits per heavy atom. The van der Waals surface area contributed by atoms with Crippen LogP contribution >= 0.6 is 0 Å². The van der Waals surface area contributed by atoms with Crippen LogP contribution in [0.3, 0.4) is 0 Å². The van der Waals surface area contributed by atoms with Gasteiger partial charge in [0.15, 0.2) is 6.10 Å². The number of amides is 2. The fraction of sp³-hybridized carbons (Fsp3) is 0.385. The van der Waals surface area contributed by atoms with Gasteiger partial charge < -0.3 is 15.4 Å². The molecule has 0 radical (unpaired) electrons. The van der Waals surface area contributed by atoms with Crippen molar-refractivity contribution in [3.05, 3.63) is 35.9 Å². The number of carbonyl (C=O) groups excluding carboxylic acids is 2. The third kappa shape index (κ3) is 2.61. The molecule has 1 aliphatic rings. The molecule has 18 heavy (non-hydrogen) atoms. The fourth-order valence-electron chi connectivity index (χ4n) is 2.08. The number of benzene rings is 1. The number of ether oxygens (including phenoxy) is 1. The normalized spacial score (nSPS) is 16.8. The maximum absolute atomic E-state index is 11.8. The Morgan fingerprint density at radius 2 is 1.94 bits per heavy atom. The summed E-state index contributed by atoms with van der Waals surface area (Å²) < 4.78 is 4.66. The Labute approximate surface area is 106 Å². The summed E-state index contributed by atoms with van der Waals surface area (Å²) in [6.45, 7) is 2.85. The van der Waals surface area contributed by atoms with Crippen molar-refractivity contribution in [3.63, 3.8) is 0 Å². The monoisotopic (exact) mass is 248 g/mol. The Bertz CT molecular complexity index is 441. The molecule has 0 saturated carbocycles. The van der Waals surface area contributed by atoms with Gasteiger partial charge in [-0.15, -0.1) is 0 Å². The van der Waals surface area contributed by atoms with Gasteiger partial charge in [-0.25, -0.2) is 4.79 Å². The van der Waals surface area contributed by atoms with Crippen molar-refractivity contribution in [2.45, 2.75) is 18.9 Å². The maximum Gasteiger partial charge on any atom is 0.405 e. The van der Waals surface area contributed by atoms with Crippen molar-refractivity contribution in [3.8, 4) is 0 Å². The SMILES string of the molecule is C[C@@H](OC(N)=O)C(=O)N1CC(c2ccccc2)C1. The zero-order valence-electron chi connectivity index (χ0n) is 10.2. The first-order chi connectivity index (χ1) is 8.58. The Kier molecular flexibility index (Phi) is 3.50. The lowest BCUT2D eigenvalue weighted by Gasteiger charge is -2.40. The van der Waals surface area contributed by atoms with Crippen LogP contribution in [-0.2, 0) is 9.53 Å². The first-order valence-electron chi connectivity index (χ1n) is 5.87. The lowest BCUT2D eigenvalue weighted by atomic mass is 9.91. The summed E-state index contributed by atoms with van der Waals surface area (Å²) in [5.74, 6) is 0.178. The molecule has 1 atom stereocenters. The van der Waals surface area contributed by atoms with Gasteiger partial charge in [-0.3, -0.25) is 4.79 Å². The van der Waals surface area contributed by atoms with Crippen LogP contribution in [0.15, 0.2) is 30.3 Å². The van der Waals surface area contributed by atoms with Gasteiger partial charge in [-0.05, 0) is 12.5 Å². The average Bonchev–Trinajstić information content (AvgIpc) is 2.27. The fourth-order valence-corrected chi connectivity index (χ4v) is 2.08. The number of nitrogens with two attached hydrogens (primary N) is 1. The third-order valence-corrected chi connectivity index (χ3v) is 3.10. The second-order valence-corrected chi connectivity index (χ2v) is 4.43. The van der Waals surface area contributed by atoms with Crippen molar-refractivity contribution in [2.24, 2.45) is 5.73 Å². The molecule has 5 nitrogen and oxygen atoms in total. The predicted molar refractivity (Wildman–Crippen MR) is 65.9 cm³/mol. The zero-order chi connectivity index (χ0) is 13.1. The Balaban J connectivity index is 1.85. The second kappa shape index (κ2) is 5.08. The van der Waals surface area contributed by atoms with Crippen molar-refractivity contribution in [2.75, 3.05) is 13.1 Å². The van der Waals surface area contributed by atoms with E-state index in [1.54, 1.807) is 4.90 Å². The first-order valence-corrected chi connectivity index (χ1v) is 5.87. The molecule has 0 unspecified atom stereocenters. The van der Waals surface area contributed by atoms with Gasteiger partial charge in [-0.1, -0.05) is 30.3 Å². The van der Waals surface area contributed by atoms with Gasteiger partial charge in [0.1, 0.15) is 0 Å². The summed E-state index contributed by atoms with van der Waals surface area (Å²) in [6, 6.07) is 10.0. The molecule has 1 aliphatic heterocycles. The molecular formula is C13H16N2O3. The molecule has 0 aromatic heterocycles. The number of hydrogen-bond acceptors (Lipinski definition) is 3. The van der Waals surface area contributed by atoms with Crippen molar-refractivity contribution >= 4 is 12.0 Å². The molecule has 1 aromatic carbocycles. The molecule has 1 saturated heterocycles. The summed E-state index contributed by atoms with van der Waals surface area (Å²) in [6.07, 6.45) is -1.73. The lowest BCUT2D eigenvalue weighted by Crippen LogP contribution is -2.52. The highest BCUT2D eigenvalue weighted by Crippen LogP contribution is 2.27. The quantitative estimate of drug-likeness (QED) is 0.870. The minimum atomic E-state index is -0.920. The van der Waals surface area contributed by atoms with Gasteiger partial charge in [0.2, 0.25) is 0 Å². The summed E-state index contributed by atoms with van der Waals surface area (Å²) in [4.78, 5) is 24.1. The highest BCUT2D eigenvalue weighted by molar-refractivity contribution is 5.83. The van der Waals surface area contributed by atoms with E-state index in [4.69, 9.17) is 5.73 Å². The summed E-state index contributed by atoms with van der Waals surface area (Å²) >= 11 is 0. The minimum absolute atomic E-state index is 0.194. The van der Waals surface area contributed by atoms with E-state index in [9.17, 15) is 9.59 Å². The Morgan fingerprint density at radius 1 is 1.33 bits per heavy atom. The largest absolute Gasteiger partial charge is 0.437 e. The molecule has 96 valence electrons. The van der Waals surface area contributed by atoms with E-state index in [1.807, 2.05) is 18.2 Å². The molecular weight excluding hydrogens is 232 g/mol. The van der Waals surface area contributed by atoms with E-state index in [-0.39, 0.29) is 5.91 Å². The maximum atomic E-state index is 11.8. The summed E-state index contributed by atoms with van der Waals surface area (Å²) in [7, 11) is 0. The second-order valence-electron chi connectivity index (χ2n) is 4.43. The number of carbonyl (C=O) groups is 2.